The zero-order valence-corrected chi connectivity index (χ0v) is 13.8. The van der Waals surface area contributed by atoms with Gasteiger partial charge in [0, 0.05) is 16.1 Å². The smallest absolute Gasteiger partial charge is 0.230 e. The Morgan fingerprint density at radius 1 is 1.27 bits per heavy atom. The van der Waals surface area contributed by atoms with Gasteiger partial charge in [0.15, 0.2) is 0 Å². The SMILES string of the molecule is O=C(Cc1csc(CN2CCCC2)n1)Nc1ccc(Cl)cc1. The number of benzene rings is 1. The second-order valence-corrected chi connectivity index (χ2v) is 6.83. The van der Waals surface area contributed by atoms with Crippen LogP contribution in [0.15, 0.2) is 29.6 Å². The van der Waals surface area contributed by atoms with Crippen LogP contribution in [-0.2, 0) is 17.8 Å². The molecule has 1 saturated heterocycles. The van der Waals surface area contributed by atoms with Crippen LogP contribution in [-0.4, -0.2) is 28.9 Å². The Kier molecular flexibility index (Phi) is 5.08. The number of halogens is 1. The third-order valence-corrected chi connectivity index (χ3v) is 4.76. The number of anilines is 1. The van der Waals surface area contributed by atoms with Gasteiger partial charge in [0.2, 0.25) is 5.91 Å². The summed E-state index contributed by atoms with van der Waals surface area (Å²) in [4.78, 5) is 19.0. The monoisotopic (exact) mass is 335 g/mol. The molecule has 0 unspecified atom stereocenters. The third kappa shape index (κ3) is 4.29. The van der Waals surface area contributed by atoms with E-state index in [0.717, 1.165) is 36.0 Å². The fourth-order valence-corrected chi connectivity index (χ4v) is 3.50. The average Bonchev–Trinajstić information content (AvgIpc) is 3.14. The highest BCUT2D eigenvalue weighted by atomic mass is 35.5. The number of aromatic nitrogens is 1. The molecule has 3 rings (SSSR count). The second-order valence-electron chi connectivity index (χ2n) is 5.45. The highest BCUT2D eigenvalue weighted by Crippen LogP contribution is 2.17. The predicted molar refractivity (Wildman–Crippen MR) is 90.4 cm³/mol. The Labute approximate surface area is 139 Å². The van der Waals surface area contributed by atoms with E-state index in [1.807, 2.05) is 5.38 Å². The molecule has 4 nitrogen and oxygen atoms in total. The Balaban J connectivity index is 1.52. The van der Waals surface area contributed by atoms with Gasteiger partial charge in [-0.25, -0.2) is 4.98 Å². The molecule has 1 aliphatic rings. The molecule has 0 spiro atoms. The van der Waals surface area contributed by atoms with E-state index < -0.39 is 0 Å². The van der Waals surface area contributed by atoms with Crippen molar-refractivity contribution < 1.29 is 4.79 Å². The first-order valence-electron chi connectivity index (χ1n) is 7.40. The lowest BCUT2D eigenvalue weighted by atomic mass is 10.3. The van der Waals surface area contributed by atoms with Gasteiger partial charge in [0.05, 0.1) is 18.7 Å². The molecule has 0 radical (unpaired) electrons. The van der Waals surface area contributed by atoms with Crippen LogP contribution >= 0.6 is 22.9 Å². The Hall–Kier alpha value is -1.43. The van der Waals surface area contributed by atoms with E-state index in [4.69, 9.17) is 11.6 Å². The maximum absolute atomic E-state index is 12.0. The molecule has 1 aromatic heterocycles. The van der Waals surface area contributed by atoms with E-state index in [2.05, 4.69) is 15.2 Å². The molecule has 2 heterocycles. The van der Waals surface area contributed by atoms with Crippen LogP contribution in [0.4, 0.5) is 5.69 Å². The summed E-state index contributed by atoms with van der Waals surface area (Å²) in [5, 5.41) is 6.59. The van der Waals surface area contributed by atoms with Crippen molar-refractivity contribution >= 4 is 34.5 Å². The number of nitrogens with zero attached hydrogens (tertiary/aromatic N) is 2. The van der Waals surface area contributed by atoms with Crippen LogP contribution in [0.3, 0.4) is 0 Å². The van der Waals surface area contributed by atoms with E-state index >= 15 is 0 Å². The van der Waals surface area contributed by atoms with Crippen LogP contribution in [0, 0.1) is 0 Å². The minimum absolute atomic E-state index is 0.0552. The van der Waals surface area contributed by atoms with Crippen molar-refractivity contribution in [3.05, 3.63) is 45.4 Å². The zero-order valence-electron chi connectivity index (χ0n) is 12.2. The van der Waals surface area contributed by atoms with Crippen LogP contribution in [0.2, 0.25) is 5.02 Å². The standard InChI is InChI=1S/C16H18ClN3OS/c17-12-3-5-13(6-4-12)18-15(21)9-14-11-22-16(19-14)10-20-7-1-2-8-20/h3-6,11H,1-2,7-10H2,(H,18,21). The number of carbonyl (C=O) groups excluding carboxylic acids is 1. The number of amides is 1. The van der Waals surface area contributed by atoms with Crippen molar-refractivity contribution in [1.82, 2.24) is 9.88 Å². The van der Waals surface area contributed by atoms with Crippen LogP contribution < -0.4 is 5.32 Å². The number of carbonyl (C=O) groups is 1. The average molecular weight is 336 g/mol. The fraction of sp³-hybridized carbons (Fsp3) is 0.375. The summed E-state index contributed by atoms with van der Waals surface area (Å²) in [5.41, 5.74) is 1.59. The molecule has 0 aliphatic carbocycles. The zero-order chi connectivity index (χ0) is 15.4. The normalized spacial score (nSPS) is 15.1. The Bertz CT molecular complexity index is 635. The minimum Gasteiger partial charge on any atom is -0.326 e. The number of hydrogen-bond donors (Lipinski definition) is 1. The molecule has 6 heteroatoms. The number of rotatable bonds is 5. The second kappa shape index (κ2) is 7.22. The summed E-state index contributed by atoms with van der Waals surface area (Å²) in [6.45, 7) is 3.22. The maximum Gasteiger partial charge on any atom is 0.230 e. The fourth-order valence-electron chi connectivity index (χ4n) is 2.54. The van der Waals surface area contributed by atoms with Gasteiger partial charge >= 0.3 is 0 Å². The summed E-state index contributed by atoms with van der Waals surface area (Å²) in [6.07, 6.45) is 2.86. The molecular weight excluding hydrogens is 318 g/mol. The van der Waals surface area contributed by atoms with Gasteiger partial charge in [0.1, 0.15) is 5.01 Å². The molecule has 116 valence electrons. The van der Waals surface area contributed by atoms with Crippen molar-refractivity contribution in [2.75, 3.05) is 18.4 Å². The summed E-state index contributed by atoms with van der Waals surface area (Å²) < 4.78 is 0. The van der Waals surface area contributed by atoms with E-state index in [9.17, 15) is 4.79 Å². The van der Waals surface area contributed by atoms with E-state index in [1.165, 1.54) is 12.8 Å². The predicted octanol–water partition coefficient (Wildman–Crippen LogP) is 3.57. The van der Waals surface area contributed by atoms with Gasteiger partial charge < -0.3 is 5.32 Å². The van der Waals surface area contributed by atoms with Gasteiger partial charge in [-0.15, -0.1) is 11.3 Å². The molecule has 1 aromatic carbocycles. The van der Waals surface area contributed by atoms with Crippen molar-refractivity contribution in [3.8, 4) is 0 Å². The minimum atomic E-state index is -0.0552. The van der Waals surface area contributed by atoms with Crippen LogP contribution in [0.25, 0.3) is 0 Å². The first-order valence-corrected chi connectivity index (χ1v) is 8.66. The summed E-state index contributed by atoms with van der Waals surface area (Å²) in [7, 11) is 0. The maximum atomic E-state index is 12.0. The van der Waals surface area contributed by atoms with Crippen LogP contribution in [0.5, 0.6) is 0 Å². The lowest BCUT2D eigenvalue weighted by Gasteiger charge is -2.11. The van der Waals surface area contributed by atoms with Crippen molar-refractivity contribution in [2.24, 2.45) is 0 Å². The highest BCUT2D eigenvalue weighted by molar-refractivity contribution is 7.09. The first kappa shape index (κ1) is 15.5. The van der Waals surface area contributed by atoms with Gasteiger partial charge in [0.25, 0.3) is 0 Å². The number of hydrogen-bond acceptors (Lipinski definition) is 4. The van der Waals surface area contributed by atoms with E-state index in [-0.39, 0.29) is 5.91 Å². The Morgan fingerprint density at radius 2 is 2.00 bits per heavy atom. The molecule has 0 bridgehead atoms. The van der Waals surface area contributed by atoms with Gasteiger partial charge in [-0.2, -0.15) is 0 Å². The molecule has 1 aliphatic heterocycles. The quantitative estimate of drug-likeness (QED) is 0.908. The summed E-state index contributed by atoms with van der Waals surface area (Å²) in [6, 6.07) is 7.10. The number of nitrogens with one attached hydrogen (secondary N) is 1. The molecular formula is C16H18ClN3OS. The van der Waals surface area contributed by atoms with Gasteiger partial charge in [-0.3, -0.25) is 9.69 Å². The van der Waals surface area contributed by atoms with Crippen LogP contribution in [0.1, 0.15) is 23.5 Å². The molecule has 0 atom stereocenters. The van der Waals surface area contributed by atoms with E-state index in [0.29, 0.717) is 11.4 Å². The molecule has 1 fully saturated rings. The highest BCUT2D eigenvalue weighted by Gasteiger charge is 2.14. The van der Waals surface area contributed by atoms with Crippen molar-refractivity contribution in [1.29, 1.82) is 0 Å². The lowest BCUT2D eigenvalue weighted by Crippen LogP contribution is -2.18. The van der Waals surface area contributed by atoms with Crippen molar-refractivity contribution in [2.45, 2.75) is 25.8 Å². The van der Waals surface area contributed by atoms with Gasteiger partial charge in [-0.1, -0.05) is 11.6 Å². The van der Waals surface area contributed by atoms with Crippen molar-refractivity contribution in [3.63, 3.8) is 0 Å². The lowest BCUT2D eigenvalue weighted by molar-refractivity contribution is -0.115. The van der Waals surface area contributed by atoms with Gasteiger partial charge in [-0.05, 0) is 50.2 Å². The van der Waals surface area contributed by atoms with E-state index in [1.54, 1.807) is 35.6 Å². The first-order chi connectivity index (χ1) is 10.7. The third-order valence-electron chi connectivity index (χ3n) is 3.63. The summed E-state index contributed by atoms with van der Waals surface area (Å²) >= 11 is 7.46. The summed E-state index contributed by atoms with van der Waals surface area (Å²) in [5.74, 6) is -0.0552. The molecule has 2 aromatic rings. The molecule has 1 N–H and O–H groups in total. The molecule has 22 heavy (non-hydrogen) atoms. The molecule has 1 amide bonds. The number of likely N-dealkylation sites (tertiary alicyclic amines) is 1. The Morgan fingerprint density at radius 3 is 2.73 bits per heavy atom. The molecule has 0 saturated carbocycles. The largest absolute Gasteiger partial charge is 0.326 e. The topological polar surface area (TPSA) is 45.2 Å². The number of thiazole rings is 1.